The summed E-state index contributed by atoms with van der Waals surface area (Å²) in [5.74, 6) is -1.08. The fourth-order valence-electron chi connectivity index (χ4n) is 1.84. The fraction of sp³-hybridized carbons (Fsp3) is 0.143. The smallest absolute Gasteiger partial charge is 0.417 e. The first kappa shape index (κ1) is 14.0. The Labute approximate surface area is 112 Å². The van der Waals surface area contributed by atoms with Crippen molar-refractivity contribution in [2.75, 3.05) is 0 Å². The van der Waals surface area contributed by atoms with E-state index in [1.807, 2.05) is 0 Å². The zero-order valence-corrected chi connectivity index (χ0v) is 10.2. The maximum Gasteiger partial charge on any atom is 0.417 e. The molecule has 2 aromatic rings. The number of alkyl halides is 3. The van der Waals surface area contributed by atoms with E-state index in [1.165, 1.54) is 36.4 Å². The van der Waals surface area contributed by atoms with Gasteiger partial charge in [-0.25, -0.2) is 0 Å². The van der Waals surface area contributed by atoms with E-state index in [4.69, 9.17) is 5.11 Å². The summed E-state index contributed by atoms with van der Waals surface area (Å²) in [5.41, 5.74) is -0.532. The van der Waals surface area contributed by atoms with Crippen molar-refractivity contribution in [2.24, 2.45) is 0 Å². The number of hydrogen-bond acceptors (Lipinski definition) is 2. The molecule has 1 N–H and O–H groups in total. The molecular weight excluding hydrogens is 271 g/mol. The van der Waals surface area contributed by atoms with Crippen molar-refractivity contribution in [1.82, 2.24) is 4.98 Å². The molecule has 0 aliphatic carbocycles. The van der Waals surface area contributed by atoms with Crippen LogP contribution in [0.25, 0.3) is 11.3 Å². The molecular formula is C14H10F3NO2. The highest BCUT2D eigenvalue weighted by Gasteiger charge is 2.33. The van der Waals surface area contributed by atoms with Gasteiger partial charge in [0.1, 0.15) is 0 Å². The Bertz CT molecular complexity index is 638. The summed E-state index contributed by atoms with van der Waals surface area (Å²) >= 11 is 0. The average molecular weight is 281 g/mol. The molecule has 1 heterocycles. The lowest BCUT2D eigenvalue weighted by molar-refractivity contribution is -0.137. The van der Waals surface area contributed by atoms with Gasteiger partial charge in [-0.15, -0.1) is 0 Å². The maximum atomic E-state index is 12.9. The number of pyridine rings is 1. The SMILES string of the molecule is O=C(O)Cc1cccc(-c2ccccc2C(F)(F)F)n1. The van der Waals surface area contributed by atoms with Crippen LogP contribution in [-0.4, -0.2) is 16.1 Å². The normalized spacial score (nSPS) is 11.3. The number of aliphatic carboxylic acids is 1. The lowest BCUT2D eigenvalue weighted by atomic mass is 10.0. The van der Waals surface area contributed by atoms with Gasteiger partial charge in [0.05, 0.1) is 23.4 Å². The predicted octanol–water partition coefficient (Wildman–Crippen LogP) is 3.39. The summed E-state index contributed by atoms with van der Waals surface area (Å²) < 4.78 is 38.8. The van der Waals surface area contributed by atoms with E-state index in [-0.39, 0.29) is 23.4 Å². The zero-order chi connectivity index (χ0) is 14.8. The third-order valence-electron chi connectivity index (χ3n) is 2.65. The first-order valence-electron chi connectivity index (χ1n) is 5.72. The minimum absolute atomic E-state index is 0.0627. The van der Waals surface area contributed by atoms with Gasteiger partial charge in [0.25, 0.3) is 0 Å². The Kier molecular flexibility index (Phi) is 3.74. The number of aromatic nitrogens is 1. The van der Waals surface area contributed by atoms with Gasteiger partial charge >= 0.3 is 12.1 Å². The van der Waals surface area contributed by atoms with Crippen LogP contribution >= 0.6 is 0 Å². The van der Waals surface area contributed by atoms with Crippen molar-refractivity contribution in [2.45, 2.75) is 12.6 Å². The topological polar surface area (TPSA) is 50.2 Å². The predicted molar refractivity (Wildman–Crippen MR) is 66.0 cm³/mol. The summed E-state index contributed by atoms with van der Waals surface area (Å²) in [5, 5.41) is 8.69. The number of carboxylic acid groups (broad SMARTS) is 1. The van der Waals surface area contributed by atoms with Crippen molar-refractivity contribution in [3.63, 3.8) is 0 Å². The standard InChI is InChI=1S/C14H10F3NO2/c15-14(16,17)11-6-2-1-5-10(11)12-7-3-4-9(18-12)8-13(19)20/h1-7H,8H2,(H,19,20). The van der Waals surface area contributed by atoms with Gasteiger partial charge in [-0.3, -0.25) is 9.78 Å². The third kappa shape index (κ3) is 3.14. The van der Waals surface area contributed by atoms with E-state index in [9.17, 15) is 18.0 Å². The van der Waals surface area contributed by atoms with E-state index < -0.39 is 17.7 Å². The summed E-state index contributed by atoms with van der Waals surface area (Å²) in [4.78, 5) is 14.6. The van der Waals surface area contributed by atoms with Crippen molar-refractivity contribution in [1.29, 1.82) is 0 Å². The highest BCUT2D eigenvalue weighted by atomic mass is 19.4. The second kappa shape index (κ2) is 5.32. The summed E-state index contributed by atoms with van der Waals surface area (Å²) in [6.07, 6.45) is -4.82. The second-order valence-corrected chi connectivity index (χ2v) is 4.13. The van der Waals surface area contributed by atoms with E-state index in [0.29, 0.717) is 0 Å². The van der Waals surface area contributed by atoms with Gasteiger partial charge in [0, 0.05) is 5.56 Å². The Morgan fingerprint density at radius 2 is 1.80 bits per heavy atom. The first-order chi connectivity index (χ1) is 9.38. The van der Waals surface area contributed by atoms with E-state index in [2.05, 4.69) is 4.98 Å². The highest BCUT2D eigenvalue weighted by Crippen LogP contribution is 2.36. The van der Waals surface area contributed by atoms with Crippen LogP contribution in [0, 0.1) is 0 Å². The molecule has 0 amide bonds. The van der Waals surface area contributed by atoms with E-state index >= 15 is 0 Å². The van der Waals surface area contributed by atoms with Crippen molar-refractivity contribution >= 4 is 5.97 Å². The Morgan fingerprint density at radius 3 is 2.45 bits per heavy atom. The summed E-state index contributed by atoms with van der Waals surface area (Å²) in [6, 6.07) is 9.46. The number of rotatable bonds is 3. The molecule has 0 unspecified atom stereocenters. The molecule has 0 aliphatic rings. The number of carboxylic acids is 1. The Morgan fingerprint density at radius 1 is 1.10 bits per heavy atom. The average Bonchev–Trinajstić information content (AvgIpc) is 2.37. The minimum Gasteiger partial charge on any atom is -0.481 e. The number of benzene rings is 1. The molecule has 104 valence electrons. The quantitative estimate of drug-likeness (QED) is 0.938. The third-order valence-corrected chi connectivity index (χ3v) is 2.65. The molecule has 1 aromatic carbocycles. The van der Waals surface area contributed by atoms with Crippen LogP contribution in [0.4, 0.5) is 13.2 Å². The molecule has 0 atom stereocenters. The monoisotopic (exact) mass is 281 g/mol. The Hall–Kier alpha value is -2.37. The molecule has 0 aliphatic heterocycles. The molecule has 6 heteroatoms. The van der Waals surface area contributed by atoms with Gasteiger partial charge < -0.3 is 5.11 Å². The lowest BCUT2D eigenvalue weighted by Crippen LogP contribution is -2.08. The molecule has 3 nitrogen and oxygen atoms in total. The van der Waals surface area contributed by atoms with Crippen LogP contribution in [0.2, 0.25) is 0 Å². The minimum atomic E-state index is -4.49. The van der Waals surface area contributed by atoms with Crippen molar-refractivity contribution in [3.05, 3.63) is 53.7 Å². The largest absolute Gasteiger partial charge is 0.481 e. The molecule has 0 saturated carbocycles. The molecule has 2 rings (SSSR count). The number of carbonyl (C=O) groups is 1. The Balaban J connectivity index is 2.49. The highest BCUT2D eigenvalue weighted by molar-refractivity contribution is 5.70. The van der Waals surface area contributed by atoms with E-state index in [0.717, 1.165) is 6.07 Å². The van der Waals surface area contributed by atoms with Gasteiger partial charge in [-0.1, -0.05) is 24.3 Å². The molecule has 20 heavy (non-hydrogen) atoms. The fourth-order valence-corrected chi connectivity index (χ4v) is 1.84. The van der Waals surface area contributed by atoms with Gasteiger partial charge in [-0.05, 0) is 18.2 Å². The zero-order valence-electron chi connectivity index (χ0n) is 10.2. The molecule has 0 bridgehead atoms. The number of nitrogens with zero attached hydrogens (tertiary/aromatic N) is 1. The van der Waals surface area contributed by atoms with Gasteiger partial charge in [0.15, 0.2) is 0 Å². The van der Waals surface area contributed by atoms with Crippen LogP contribution in [0.3, 0.4) is 0 Å². The van der Waals surface area contributed by atoms with Crippen LogP contribution in [0.1, 0.15) is 11.3 Å². The van der Waals surface area contributed by atoms with Crippen LogP contribution in [-0.2, 0) is 17.4 Å². The van der Waals surface area contributed by atoms with Crippen molar-refractivity contribution < 1.29 is 23.1 Å². The molecule has 1 aromatic heterocycles. The van der Waals surface area contributed by atoms with Crippen LogP contribution < -0.4 is 0 Å². The molecule has 0 radical (unpaired) electrons. The molecule has 0 fully saturated rings. The molecule has 0 saturated heterocycles. The van der Waals surface area contributed by atoms with E-state index in [1.54, 1.807) is 0 Å². The second-order valence-electron chi connectivity index (χ2n) is 4.13. The van der Waals surface area contributed by atoms with Crippen molar-refractivity contribution in [3.8, 4) is 11.3 Å². The van der Waals surface area contributed by atoms with Crippen LogP contribution in [0.5, 0.6) is 0 Å². The summed E-state index contributed by atoms with van der Waals surface area (Å²) in [6.45, 7) is 0. The number of hydrogen-bond donors (Lipinski definition) is 1. The molecule has 0 spiro atoms. The first-order valence-corrected chi connectivity index (χ1v) is 5.72. The lowest BCUT2D eigenvalue weighted by Gasteiger charge is -2.12. The number of halogens is 3. The van der Waals surface area contributed by atoms with Gasteiger partial charge in [0.2, 0.25) is 0 Å². The maximum absolute atomic E-state index is 12.9. The van der Waals surface area contributed by atoms with Gasteiger partial charge in [-0.2, -0.15) is 13.2 Å². The summed E-state index contributed by atoms with van der Waals surface area (Å²) in [7, 11) is 0. The van der Waals surface area contributed by atoms with Crippen LogP contribution in [0.15, 0.2) is 42.5 Å².